The summed E-state index contributed by atoms with van der Waals surface area (Å²) in [5, 5.41) is 3.36. The molecule has 92 valence electrons. The third-order valence-electron chi connectivity index (χ3n) is 2.89. The van der Waals surface area contributed by atoms with E-state index in [4.69, 9.17) is 22.7 Å². The summed E-state index contributed by atoms with van der Waals surface area (Å²) in [7, 11) is 0. The van der Waals surface area contributed by atoms with Gasteiger partial charge in [0.2, 0.25) is 0 Å². The van der Waals surface area contributed by atoms with E-state index in [1.54, 1.807) is 6.20 Å². The van der Waals surface area contributed by atoms with Crippen LogP contribution in [-0.2, 0) is 4.74 Å². The van der Waals surface area contributed by atoms with Gasteiger partial charge in [0.1, 0.15) is 10.8 Å². The maximum atomic E-state index is 5.58. The van der Waals surface area contributed by atoms with Crippen LogP contribution in [0.3, 0.4) is 0 Å². The summed E-state index contributed by atoms with van der Waals surface area (Å²) in [6, 6.07) is 4.15. The maximum absolute atomic E-state index is 5.58. The lowest BCUT2D eigenvalue weighted by Crippen LogP contribution is -2.41. The van der Waals surface area contributed by atoms with Gasteiger partial charge in [-0.25, -0.2) is 4.98 Å². The minimum Gasteiger partial charge on any atom is -0.389 e. The SMILES string of the molecule is CCOC1CC(Nc2cc(C(N)=S)ccn2)C1. The Morgan fingerprint density at radius 3 is 3.06 bits per heavy atom. The third kappa shape index (κ3) is 3.14. The molecule has 0 spiro atoms. The quantitative estimate of drug-likeness (QED) is 0.780. The van der Waals surface area contributed by atoms with E-state index >= 15 is 0 Å². The number of thiocarbonyl (C=S) groups is 1. The largest absolute Gasteiger partial charge is 0.389 e. The molecule has 17 heavy (non-hydrogen) atoms. The number of rotatable bonds is 5. The number of hydrogen-bond acceptors (Lipinski definition) is 4. The second-order valence-corrected chi connectivity index (χ2v) is 4.62. The Bertz CT molecular complexity index is 404. The van der Waals surface area contributed by atoms with Gasteiger partial charge in [-0.05, 0) is 31.9 Å². The van der Waals surface area contributed by atoms with Crippen molar-refractivity contribution in [1.82, 2.24) is 4.98 Å². The Morgan fingerprint density at radius 2 is 2.41 bits per heavy atom. The van der Waals surface area contributed by atoms with E-state index in [1.807, 2.05) is 19.1 Å². The smallest absolute Gasteiger partial charge is 0.126 e. The van der Waals surface area contributed by atoms with Crippen molar-refractivity contribution in [2.45, 2.75) is 31.9 Å². The highest BCUT2D eigenvalue weighted by Gasteiger charge is 2.29. The van der Waals surface area contributed by atoms with Gasteiger partial charge < -0.3 is 15.8 Å². The first-order valence-corrected chi connectivity index (χ1v) is 6.24. The minimum atomic E-state index is 0.399. The molecule has 1 aliphatic carbocycles. The zero-order valence-corrected chi connectivity index (χ0v) is 10.7. The topological polar surface area (TPSA) is 60.2 Å². The molecule has 0 bridgehead atoms. The second kappa shape index (κ2) is 5.42. The summed E-state index contributed by atoms with van der Waals surface area (Å²) in [6.45, 7) is 2.81. The molecule has 5 heteroatoms. The number of nitrogens with two attached hydrogens (primary N) is 1. The molecule has 0 atom stereocenters. The molecular formula is C12H17N3OS. The molecule has 0 amide bonds. The lowest BCUT2D eigenvalue weighted by atomic mass is 9.89. The van der Waals surface area contributed by atoms with Gasteiger partial charge in [0.25, 0.3) is 0 Å². The van der Waals surface area contributed by atoms with Crippen LogP contribution in [0.1, 0.15) is 25.3 Å². The molecule has 3 N–H and O–H groups in total. The number of pyridine rings is 1. The van der Waals surface area contributed by atoms with Crippen molar-refractivity contribution < 1.29 is 4.74 Å². The molecule has 1 aliphatic rings. The first kappa shape index (κ1) is 12.3. The van der Waals surface area contributed by atoms with E-state index in [-0.39, 0.29) is 0 Å². The highest BCUT2D eigenvalue weighted by atomic mass is 32.1. The number of nitrogens with zero attached hydrogens (tertiary/aromatic N) is 1. The summed E-state index contributed by atoms with van der Waals surface area (Å²) in [5.74, 6) is 0.829. The molecule has 1 aromatic heterocycles. The second-order valence-electron chi connectivity index (χ2n) is 4.18. The Labute approximate surface area is 107 Å². The minimum absolute atomic E-state index is 0.399. The van der Waals surface area contributed by atoms with Gasteiger partial charge in [-0.15, -0.1) is 0 Å². The molecule has 1 fully saturated rings. The van der Waals surface area contributed by atoms with Crippen molar-refractivity contribution in [2.75, 3.05) is 11.9 Å². The highest BCUT2D eigenvalue weighted by Crippen LogP contribution is 2.26. The Kier molecular flexibility index (Phi) is 3.91. The number of anilines is 1. The van der Waals surface area contributed by atoms with E-state index < -0.39 is 0 Å². The molecule has 0 unspecified atom stereocenters. The molecule has 4 nitrogen and oxygen atoms in total. The average molecular weight is 251 g/mol. The summed E-state index contributed by atoms with van der Waals surface area (Å²) in [6.07, 6.45) is 4.19. The molecule has 0 saturated heterocycles. The fraction of sp³-hybridized carbons (Fsp3) is 0.500. The number of hydrogen-bond donors (Lipinski definition) is 2. The Hall–Kier alpha value is -1.20. The summed E-state index contributed by atoms with van der Waals surface area (Å²) < 4.78 is 5.51. The lowest BCUT2D eigenvalue weighted by molar-refractivity contribution is 0.00292. The van der Waals surface area contributed by atoms with Gasteiger partial charge in [-0.2, -0.15) is 0 Å². The van der Waals surface area contributed by atoms with Crippen LogP contribution in [0.2, 0.25) is 0 Å². The van der Waals surface area contributed by atoms with E-state index in [0.717, 1.165) is 30.8 Å². The Morgan fingerprint density at radius 1 is 1.65 bits per heavy atom. The molecule has 1 saturated carbocycles. The van der Waals surface area contributed by atoms with E-state index in [2.05, 4.69) is 10.3 Å². The van der Waals surface area contributed by atoms with Crippen LogP contribution in [0.4, 0.5) is 5.82 Å². The first-order valence-electron chi connectivity index (χ1n) is 5.83. The zero-order valence-electron chi connectivity index (χ0n) is 9.85. The van der Waals surface area contributed by atoms with Crippen molar-refractivity contribution in [3.63, 3.8) is 0 Å². The normalized spacial score (nSPS) is 22.9. The fourth-order valence-corrected chi connectivity index (χ4v) is 2.05. The zero-order chi connectivity index (χ0) is 12.3. The van der Waals surface area contributed by atoms with Crippen molar-refractivity contribution >= 4 is 23.0 Å². The standard InChI is InChI=1S/C12H17N3OS/c1-2-16-10-6-9(7-10)15-11-5-8(12(13)17)3-4-14-11/h3-5,9-10H,2,6-7H2,1H3,(H2,13,17)(H,14,15). The van der Waals surface area contributed by atoms with Crippen LogP contribution in [0.25, 0.3) is 0 Å². The summed E-state index contributed by atoms with van der Waals surface area (Å²) in [4.78, 5) is 4.65. The molecule has 1 heterocycles. The van der Waals surface area contributed by atoms with Gasteiger partial charge in [-0.3, -0.25) is 0 Å². The van der Waals surface area contributed by atoms with E-state index in [1.165, 1.54) is 0 Å². The molecular weight excluding hydrogens is 234 g/mol. The fourth-order valence-electron chi connectivity index (χ4n) is 1.93. The average Bonchev–Trinajstić information content (AvgIpc) is 2.27. The van der Waals surface area contributed by atoms with Crippen molar-refractivity contribution in [3.05, 3.63) is 23.9 Å². The molecule has 1 aromatic rings. The maximum Gasteiger partial charge on any atom is 0.126 e. The monoisotopic (exact) mass is 251 g/mol. The molecule has 2 rings (SSSR count). The summed E-state index contributed by atoms with van der Waals surface area (Å²) >= 11 is 4.93. The number of nitrogens with one attached hydrogen (secondary N) is 1. The van der Waals surface area contributed by atoms with Gasteiger partial charge >= 0.3 is 0 Å². The Balaban J connectivity index is 1.88. The first-order chi connectivity index (χ1) is 8.19. The lowest BCUT2D eigenvalue weighted by Gasteiger charge is -2.35. The number of aromatic nitrogens is 1. The van der Waals surface area contributed by atoms with Gasteiger partial charge in [0, 0.05) is 24.4 Å². The van der Waals surface area contributed by atoms with E-state index in [0.29, 0.717) is 17.1 Å². The van der Waals surface area contributed by atoms with E-state index in [9.17, 15) is 0 Å². The van der Waals surface area contributed by atoms with Crippen molar-refractivity contribution in [3.8, 4) is 0 Å². The predicted octanol–water partition coefficient (Wildman–Crippen LogP) is 1.70. The van der Waals surface area contributed by atoms with Crippen LogP contribution in [0.5, 0.6) is 0 Å². The molecule has 0 aliphatic heterocycles. The van der Waals surface area contributed by atoms with Gasteiger partial charge in [0.15, 0.2) is 0 Å². The van der Waals surface area contributed by atoms with Gasteiger partial charge in [0.05, 0.1) is 6.10 Å². The van der Waals surface area contributed by atoms with Crippen LogP contribution in [0.15, 0.2) is 18.3 Å². The van der Waals surface area contributed by atoms with Crippen LogP contribution >= 0.6 is 12.2 Å². The number of ether oxygens (including phenoxy) is 1. The van der Waals surface area contributed by atoms with Crippen molar-refractivity contribution in [2.24, 2.45) is 5.73 Å². The van der Waals surface area contributed by atoms with Crippen LogP contribution in [-0.4, -0.2) is 28.7 Å². The van der Waals surface area contributed by atoms with Crippen LogP contribution < -0.4 is 11.1 Å². The van der Waals surface area contributed by atoms with Gasteiger partial charge in [-0.1, -0.05) is 12.2 Å². The highest BCUT2D eigenvalue weighted by molar-refractivity contribution is 7.80. The summed E-state index contributed by atoms with van der Waals surface area (Å²) in [5.41, 5.74) is 6.42. The third-order valence-corrected chi connectivity index (χ3v) is 3.13. The predicted molar refractivity (Wildman–Crippen MR) is 72.2 cm³/mol. The van der Waals surface area contributed by atoms with Crippen LogP contribution in [0, 0.1) is 0 Å². The molecule has 0 radical (unpaired) electrons. The molecule has 0 aromatic carbocycles. The van der Waals surface area contributed by atoms with Crippen molar-refractivity contribution in [1.29, 1.82) is 0 Å².